The second kappa shape index (κ2) is 7.36. The summed E-state index contributed by atoms with van der Waals surface area (Å²) in [6.45, 7) is 5.82. The van der Waals surface area contributed by atoms with Crippen LogP contribution in [0.5, 0.6) is 0 Å². The molecule has 1 aromatic heterocycles. The Bertz CT molecular complexity index is 577. The standard InChI is InChI=1S/C17H24FN3/c1-4-14-11-15(21(3)20-14)10-13(12-19-5-2)16-8-6-7-9-17(16)18/h6-9,11,13,19H,4-5,10,12H2,1-3H3. The third-order valence-corrected chi connectivity index (χ3v) is 3.83. The molecule has 1 unspecified atom stereocenters. The number of aromatic nitrogens is 2. The van der Waals surface area contributed by atoms with E-state index >= 15 is 0 Å². The van der Waals surface area contributed by atoms with E-state index in [9.17, 15) is 4.39 Å². The maximum Gasteiger partial charge on any atom is 0.126 e. The molecule has 3 nitrogen and oxygen atoms in total. The fourth-order valence-corrected chi connectivity index (χ4v) is 2.60. The second-order valence-electron chi connectivity index (χ2n) is 5.33. The van der Waals surface area contributed by atoms with E-state index in [1.165, 1.54) is 6.07 Å². The molecule has 1 atom stereocenters. The Labute approximate surface area is 126 Å². The van der Waals surface area contributed by atoms with E-state index in [-0.39, 0.29) is 11.7 Å². The highest BCUT2D eigenvalue weighted by molar-refractivity contribution is 5.25. The van der Waals surface area contributed by atoms with Crippen LogP contribution in [0.2, 0.25) is 0 Å². The molecule has 0 fully saturated rings. The minimum atomic E-state index is -0.127. The molecule has 2 aromatic rings. The number of aryl methyl sites for hydroxylation is 2. The molecule has 1 N–H and O–H groups in total. The van der Waals surface area contributed by atoms with Crippen molar-refractivity contribution < 1.29 is 4.39 Å². The van der Waals surface area contributed by atoms with Gasteiger partial charge in [-0.05, 0) is 37.1 Å². The zero-order valence-electron chi connectivity index (χ0n) is 13.1. The molecule has 1 heterocycles. The van der Waals surface area contributed by atoms with Crippen LogP contribution in [-0.4, -0.2) is 22.9 Å². The number of halogens is 1. The average Bonchev–Trinajstić information content (AvgIpc) is 2.84. The van der Waals surface area contributed by atoms with Crippen LogP contribution in [-0.2, 0) is 19.9 Å². The van der Waals surface area contributed by atoms with Gasteiger partial charge in [0.25, 0.3) is 0 Å². The maximum absolute atomic E-state index is 14.1. The second-order valence-corrected chi connectivity index (χ2v) is 5.33. The molecule has 0 aliphatic carbocycles. The van der Waals surface area contributed by atoms with Crippen LogP contribution in [0, 0.1) is 5.82 Å². The van der Waals surface area contributed by atoms with E-state index < -0.39 is 0 Å². The van der Waals surface area contributed by atoms with Crippen LogP contribution in [0.4, 0.5) is 4.39 Å². The van der Waals surface area contributed by atoms with Crippen molar-refractivity contribution in [1.82, 2.24) is 15.1 Å². The predicted molar refractivity (Wildman–Crippen MR) is 84.0 cm³/mol. The Morgan fingerprint density at radius 1 is 1.29 bits per heavy atom. The molecule has 1 aromatic carbocycles. The topological polar surface area (TPSA) is 29.9 Å². The molecular formula is C17H24FN3. The molecule has 0 saturated carbocycles. The number of likely N-dealkylation sites (N-methyl/N-ethyl adjacent to an activating group) is 1. The van der Waals surface area contributed by atoms with Crippen molar-refractivity contribution in [3.8, 4) is 0 Å². The van der Waals surface area contributed by atoms with Crippen LogP contribution in [0.1, 0.15) is 36.7 Å². The zero-order chi connectivity index (χ0) is 15.2. The van der Waals surface area contributed by atoms with E-state index in [4.69, 9.17) is 0 Å². The quantitative estimate of drug-likeness (QED) is 0.849. The Kier molecular flexibility index (Phi) is 5.51. The van der Waals surface area contributed by atoms with Gasteiger partial charge in [-0.1, -0.05) is 32.0 Å². The number of nitrogens with zero attached hydrogens (tertiary/aromatic N) is 2. The van der Waals surface area contributed by atoms with Crippen molar-refractivity contribution in [3.63, 3.8) is 0 Å². The van der Waals surface area contributed by atoms with Crippen molar-refractivity contribution in [3.05, 3.63) is 53.1 Å². The van der Waals surface area contributed by atoms with E-state index in [2.05, 4.69) is 30.3 Å². The smallest absolute Gasteiger partial charge is 0.126 e. The summed E-state index contributed by atoms with van der Waals surface area (Å²) in [7, 11) is 1.96. The summed E-state index contributed by atoms with van der Waals surface area (Å²) in [6.07, 6.45) is 1.71. The number of hydrogen-bond donors (Lipinski definition) is 1. The average molecular weight is 289 g/mol. The molecular weight excluding hydrogens is 265 g/mol. The highest BCUT2D eigenvalue weighted by Gasteiger charge is 2.18. The van der Waals surface area contributed by atoms with Gasteiger partial charge < -0.3 is 5.32 Å². The maximum atomic E-state index is 14.1. The molecule has 0 aliphatic rings. The summed E-state index contributed by atoms with van der Waals surface area (Å²) in [5.74, 6) is -0.00968. The molecule has 0 amide bonds. The fraction of sp³-hybridized carbons (Fsp3) is 0.471. The molecule has 0 saturated heterocycles. The summed E-state index contributed by atoms with van der Waals surface area (Å²) in [6, 6.07) is 9.18. The van der Waals surface area contributed by atoms with Gasteiger partial charge in [0, 0.05) is 25.2 Å². The Hall–Kier alpha value is -1.68. The van der Waals surface area contributed by atoms with Crippen LogP contribution in [0.15, 0.2) is 30.3 Å². The predicted octanol–water partition coefficient (Wildman–Crippen LogP) is 3.06. The third kappa shape index (κ3) is 3.91. The number of rotatable bonds is 7. The molecule has 4 heteroatoms. The van der Waals surface area contributed by atoms with Gasteiger partial charge in [0.2, 0.25) is 0 Å². The summed E-state index contributed by atoms with van der Waals surface area (Å²) >= 11 is 0. The minimum Gasteiger partial charge on any atom is -0.316 e. The van der Waals surface area contributed by atoms with Gasteiger partial charge in [-0.2, -0.15) is 5.10 Å². The summed E-state index contributed by atoms with van der Waals surface area (Å²) in [5.41, 5.74) is 3.01. The highest BCUT2D eigenvalue weighted by Crippen LogP contribution is 2.23. The highest BCUT2D eigenvalue weighted by atomic mass is 19.1. The SMILES string of the molecule is CCNCC(Cc1cc(CC)nn1C)c1ccccc1F. The van der Waals surface area contributed by atoms with E-state index in [1.807, 2.05) is 23.9 Å². The lowest BCUT2D eigenvalue weighted by Gasteiger charge is -2.18. The molecule has 114 valence electrons. The third-order valence-electron chi connectivity index (χ3n) is 3.83. The van der Waals surface area contributed by atoms with Crippen molar-refractivity contribution in [2.75, 3.05) is 13.1 Å². The molecule has 2 rings (SSSR count). The van der Waals surface area contributed by atoms with E-state index in [1.54, 1.807) is 6.07 Å². The number of nitrogens with one attached hydrogen (secondary N) is 1. The van der Waals surface area contributed by atoms with Gasteiger partial charge >= 0.3 is 0 Å². The van der Waals surface area contributed by atoms with Gasteiger partial charge in [-0.3, -0.25) is 4.68 Å². The van der Waals surface area contributed by atoms with Crippen molar-refractivity contribution in [2.24, 2.45) is 7.05 Å². The van der Waals surface area contributed by atoms with Crippen LogP contribution in [0.25, 0.3) is 0 Å². The summed E-state index contributed by atoms with van der Waals surface area (Å²) < 4.78 is 16.0. The number of hydrogen-bond acceptors (Lipinski definition) is 2. The Balaban J connectivity index is 2.24. The van der Waals surface area contributed by atoms with Crippen LogP contribution >= 0.6 is 0 Å². The first-order valence-corrected chi connectivity index (χ1v) is 7.62. The van der Waals surface area contributed by atoms with Gasteiger partial charge in [0.15, 0.2) is 0 Å². The molecule has 0 radical (unpaired) electrons. The summed E-state index contributed by atoms with van der Waals surface area (Å²) in [5, 5.41) is 7.82. The van der Waals surface area contributed by atoms with Crippen molar-refractivity contribution >= 4 is 0 Å². The Morgan fingerprint density at radius 2 is 2.05 bits per heavy atom. The molecule has 0 bridgehead atoms. The lowest BCUT2D eigenvalue weighted by Crippen LogP contribution is -2.24. The zero-order valence-corrected chi connectivity index (χ0v) is 13.1. The molecule has 21 heavy (non-hydrogen) atoms. The largest absolute Gasteiger partial charge is 0.316 e. The van der Waals surface area contributed by atoms with Crippen molar-refractivity contribution in [1.29, 1.82) is 0 Å². The normalized spacial score (nSPS) is 12.6. The van der Waals surface area contributed by atoms with Gasteiger partial charge in [-0.15, -0.1) is 0 Å². The Morgan fingerprint density at radius 3 is 2.67 bits per heavy atom. The van der Waals surface area contributed by atoms with Crippen LogP contribution in [0.3, 0.4) is 0 Å². The summed E-state index contributed by atoms with van der Waals surface area (Å²) in [4.78, 5) is 0. The first-order chi connectivity index (χ1) is 10.2. The monoisotopic (exact) mass is 289 g/mol. The lowest BCUT2D eigenvalue weighted by atomic mass is 9.93. The minimum absolute atomic E-state index is 0.117. The van der Waals surface area contributed by atoms with Gasteiger partial charge in [-0.25, -0.2) is 4.39 Å². The van der Waals surface area contributed by atoms with Crippen LogP contribution < -0.4 is 5.32 Å². The van der Waals surface area contributed by atoms with E-state index in [0.29, 0.717) is 0 Å². The number of benzene rings is 1. The van der Waals surface area contributed by atoms with Crippen molar-refractivity contribution in [2.45, 2.75) is 32.6 Å². The van der Waals surface area contributed by atoms with Gasteiger partial charge in [0.05, 0.1) is 5.69 Å². The molecule has 0 spiro atoms. The molecule has 0 aliphatic heterocycles. The lowest BCUT2D eigenvalue weighted by molar-refractivity contribution is 0.532. The fourth-order valence-electron chi connectivity index (χ4n) is 2.60. The van der Waals surface area contributed by atoms with E-state index in [0.717, 1.165) is 42.9 Å². The first-order valence-electron chi connectivity index (χ1n) is 7.62. The first kappa shape index (κ1) is 15.7. The van der Waals surface area contributed by atoms with Gasteiger partial charge in [0.1, 0.15) is 5.82 Å².